The molecule has 1 aliphatic carbocycles. The van der Waals surface area contributed by atoms with Gasteiger partial charge in [0.2, 0.25) is 5.82 Å². The van der Waals surface area contributed by atoms with Crippen molar-refractivity contribution in [3.8, 4) is 0 Å². The molecule has 0 saturated heterocycles. The first-order valence-electron chi connectivity index (χ1n) is 7.14. The van der Waals surface area contributed by atoms with Crippen molar-refractivity contribution in [2.75, 3.05) is 6.54 Å². The van der Waals surface area contributed by atoms with E-state index in [-0.39, 0.29) is 11.7 Å². The number of aromatic amines is 1. The number of aromatic nitrogens is 3. The first-order valence-corrected chi connectivity index (χ1v) is 7.51. The van der Waals surface area contributed by atoms with Crippen molar-refractivity contribution in [1.29, 1.82) is 0 Å². The standard InChI is InChI=1S/C15H17ClN4O/c1-2-20(9-11-5-3-4-6-12(11)16)15(21)14-17-13(18-19-14)10-7-8-10/h3-6,10H,2,7-9H2,1H3,(H,17,18,19). The molecule has 1 saturated carbocycles. The van der Waals surface area contributed by atoms with E-state index in [4.69, 9.17) is 11.6 Å². The van der Waals surface area contributed by atoms with Crippen molar-refractivity contribution in [2.45, 2.75) is 32.2 Å². The van der Waals surface area contributed by atoms with Crippen molar-refractivity contribution in [1.82, 2.24) is 20.1 Å². The second-order valence-electron chi connectivity index (χ2n) is 5.23. The molecule has 1 aromatic carbocycles. The number of nitrogens with zero attached hydrogens (tertiary/aromatic N) is 3. The Labute approximate surface area is 128 Å². The molecule has 1 fully saturated rings. The Hall–Kier alpha value is -1.88. The molecule has 1 heterocycles. The molecule has 1 aliphatic rings. The lowest BCUT2D eigenvalue weighted by molar-refractivity contribution is 0.0740. The Kier molecular flexibility index (Phi) is 3.92. The van der Waals surface area contributed by atoms with Gasteiger partial charge in [0.25, 0.3) is 5.91 Å². The molecular weight excluding hydrogens is 288 g/mol. The summed E-state index contributed by atoms with van der Waals surface area (Å²) in [7, 11) is 0. The molecule has 3 rings (SSSR count). The van der Waals surface area contributed by atoms with Crippen LogP contribution in [0.15, 0.2) is 24.3 Å². The van der Waals surface area contributed by atoms with Crippen molar-refractivity contribution < 1.29 is 4.79 Å². The summed E-state index contributed by atoms with van der Waals surface area (Å²) in [5.74, 6) is 1.36. The maximum Gasteiger partial charge on any atom is 0.293 e. The number of carbonyl (C=O) groups is 1. The molecule has 6 heteroatoms. The first-order chi connectivity index (χ1) is 10.2. The van der Waals surface area contributed by atoms with Gasteiger partial charge in [-0.2, -0.15) is 0 Å². The number of nitrogens with one attached hydrogen (secondary N) is 1. The lowest BCUT2D eigenvalue weighted by Crippen LogP contribution is -2.31. The number of carbonyl (C=O) groups excluding carboxylic acids is 1. The smallest absolute Gasteiger partial charge is 0.293 e. The normalized spacial score (nSPS) is 14.2. The largest absolute Gasteiger partial charge is 0.332 e. The van der Waals surface area contributed by atoms with E-state index in [1.165, 1.54) is 0 Å². The summed E-state index contributed by atoms with van der Waals surface area (Å²) in [6.45, 7) is 2.98. The fourth-order valence-electron chi connectivity index (χ4n) is 2.21. The quantitative estimate of drug-likeness (QED) is 0.923. The van der Waals surface area contributed by atoms with Crippen molar-refractivity contribution in [3.05, 3.63) is 46.5 Å². The zero-order valence-corrected chi connectivity index (χ0v) is 12.6. The fourth-order valence-corrected chi connectivity index (χ4v) is 2.41. The predicted octanol–water partition coefficient (Wildman–Crippen LogP) is 3.00. The van der Waals surface area contributed by atoms with Crippen LogP contribution < -0.4 is 0 Å². The van der Waals surface area contributed by atoms with E-state index in [0.717, 1.165) is 24.2 Å². The number of amides is 1. The van der Waals surface area contributed by atoms with E-state index in [1.807, 2.05) is 31.2 Å². The summed E-state index contributed by atoms with van der Waals surface area (Å²) >= 11 is 6.15. The van der Waals surface area contributed by atoms with Crippen LogP contribution in [0.2, 0.25) is 5.02 Å². The maximum atomic E-state index is 12.5. The summed E-state index contributed by atoms with van der Waals surface area (Å²) in [5, 5.41) is 7.58. The van der Waals surface area contributed by atoms with Crippen LogP contribution in [-0.2, 0) is 6.54 Å². The number of rotatable bonds is 5. The third-order valence-electron chi connectivity index (χ3n) is 3.65. The van der Waals surface area contributed by atoms with Crippen molar-refractivity contribution in [3.63, 3.8) is 0 Å². The van der Waals surface area contributed by atoms with E-state index in [1.54, 1.807) is 4.90 Å². The molecule has 0 spiro atoms. The molecule has 0 atom stereocenters. The monoisotopic (exact) mass is 304 g/mol. The Morgan fingerprint density at radius 1 is 1.43 bits per heavy atom. The molecule has 21 heavy (non-hydrogen) atoms. The number of hydrogen-bond acceptors (Lipinski definition) is 3. The summed E-state index contributed by atoms with van der Waals surface area (Å²) in [6.07, 6.45) is 2.25. The Morgan fingerprint density at radius 2 is 2.19 bits per heavy atom. The SMILES string of the molecule is CCN(Cc1ccccc1Cl)C(=O)c1n[nH]c(C2CC2)n1. The number of halogens is 1. The van der Waals surface area contributed by atoms with E-state index >= 15 is 0 Å². The second kappa shape index (κ2) is 5.85. The number of benzene rings is 1. The van der Waals surface area contributed by atoms with Crippen LogP contribution in [0, 0.1) is 0 Å². The molecule has 5 nitrogen and oxygen atoms in total. The van der Waals surface area contributed by atoms with Crippen LogP contribution in [0.5, 0.6) is 0 Å². The highest BCUT2D eigenvalue weighted by atomic mass is 35.5. The van der Waals surface area contributed by atoms with Gasteiger partial charge < -0.3 is 4.90 Å². The van der Waals surface area contributed by atoms with Gasteiger partial charge in [-0.25, -0.2) is 4.98 Å². The van der Waals surface area contributed by atoms with Gasteiger partial charge >= 0.3 is 0 Å². The van der Waals surface area contributed by atoms with Crippen LogP contribution in [0.25, 0.3) is 0 Å². The second-order valence-corrected chi connectivity index (χ2v) is 5.64. The van der Waals surface area contributed by atoms with Crippen LogP contribution in [0.4, 0.5) is 0 Å². The van der Waals surface area contributed by atoms with E-state index in [2.05, 4.69) is 15.2 Å². The van der Waals surface area contributed by atoms with Gasteiger partial charge in [-0.05, 0) is 31.4 Å². The maximum absolute atomic E-state index is 12.5. The molecule has 1 N–H and O–H groups in total. The minimum atomic E-state index is -0.166. The molecule has 1 amide bonds. The zero-order valence-electron chi connectivity index (χ0n) is 11.8. The summed E-state index contributed by atoms with van der Waals surface area (Å²) in [4.78, 5) is 18.5. The number of hydrogen-bond donors (Lipinski definition) is 1. The Morgan fingerprint density at radius 3 is 2.86 bits per heavy atom. The highest BCUT2D eigenvalue weighted by Crippen LogP contribution is 2.37. The molecular formula is C15H17ClN4O. The minimum Gasteiger partial charge on any atom is -0.332 e. The van der Waals surface area contributed by atoms with Gasteiger partial charge in [0, 0.05) is 24.0 Å². The molecule has 0 unspecified atom stereocenters. The predicted molar refractivity (Wildman–Crippen MR) is 80.2 cm³/mol. The Bertz CT molecular complexity index is 651. The number of H-pyrrole nitrogens is 1. The lowest BCUT2D eigenvalue weighted by Gasteiger charge is -2.19. The van der Waals surface area contributed by atoms with Crippen molar-refractivity contribution >= 4 is 17.5 Å². The summed E-state index contributed by atoms with van der Waals surface area (Å²) in [6, 6.07) is 7.54. The summed E-state index contributed by atoms with van der Waals surface area (Å²) < 4.78 is 0. The van der Waals surface area contributed by atoms with E-state index in [0.29, 0.717) is 24.0 Å². The van der Waals surface area contributed by atoms with Crippen LogP contribution in [-0.4, -0.2) is 32.5 Å². The minimum absolute atomic E-state index is 0.166. The van der Waals surface area contributed by atoms with E-state index < -0.39 is 0 Å². The molecule has 0 aliphatic heterocycles. The van der Waals surface area contributed by atoms with Crippen molar-refractivity contribution in [2.24, 2.45) is 0 Å². The van der Waals surface area contributed by atoms with Gasteiger partial charge in [0.05, 0.1) is 0 Å². The fraction of sp³-hybridized carbons (Fsp3) is 0.400. The summed E-state index contributed by atoms with van der Waals surface area (Å²) in [5.41, 5.74) is 0.923. The lowest BCUT2D eigenvalue weighted by atomic mass is 10.2. The molecule has 2 aromatic rings. The van der Waals surface area contributed by atoms with Gasteiger partial charge in [-0.1, -0.05) is 29.8 Å². The van der Waals surface area contributed by atoms with Gasteiger partial charge in [-0.15, -0.1) is 5.10 Å². The van der Waals surface area contributed by atoms with Crippen LogP contribution >= 0.6 is 11.6 Å². The molecule has 0 bridgehead atoms. The Balaban J connectivity index is 1.75. The van der Waals surface area contributed by atoms with Gasteiger partial charge in [-0.3, -0.25) is 9.89 Å². The van der Waals surface area contributed by atoms with Gasteiger partial charge in [0.15, 0.2) is 0 Å². The topological polar surface area (TPSA) is 61.9 Å². The third kappa shape index (κ3) is 3.08. The average Bonchev–Trinajstić information content (AvgIpc) is 3.23. The van der Waals surface area contributed by atoms with Crippen LogP contribution in [0.1, 0.15) is 47.7 Å². The average molecular weight is 305 g/mol. The molecule has 0 radical (unpaired) electrons. The van der Waals surface area contributed by atoms with Crippen LogP contribution in [0.3, 0.4) is 0 Å². The zero-order chi connectivity index (χ0) is 14.8. The molecule has 110 valence electrons. The highest BCUT2D eigenvalue weighted by Gasteiger charge is 2.29. The van der Waals surface area contributed by atoms with Gasteiger partial charge in [0.1, 0.15) is 5.82 Å². The molecule has 1 aromatic heterocycles. The third-order valence-corrected chi connectivity index (χ3v) is 4.01. The first kappa shape index (κ1) is 14.1. The van der Waals surface area contributed by atoms with E-state index in [9.17, 15) is 4.79 Å². The highest BCUT2D eigenvalue weighted by molar-refractivity contribution is 6.31.